The van der Waals surface area contributed by atoms with Crippen LogP contribution in [0.5, 0.6) is 0 Å². The predicted octanol–water partition coefficient (Wildman–Crippen LogP) is 5.64. The molecule has 4 rings (SSSR count). The second kappa shape index (κ2) is 8.91. The third kappa shape index (κ3) is 4.76. The number of benzene rings is 2. The van der Waals surface area contributed by atoms with Crippen molar-refractivity contribution in [1.29, 1.82) is 0 Å². The summed E-state index contributed by atoms with van der Waals surface area (Å²) in [5, 5.41) is 1.11. The molecule has 1 aromatic heterocycles. The molecular formula is C25H28N2OS. The fourth-order valence-electron chi connectivity index (χ4n) is 4.02. The molecule has 4 heteroatoms. The van der Waals surface area contributed by atoms with Gasteiger partial charge in [0.2, 0.25) is 0 Å². The molecule has 1 aliphatic heterocycles. The quantitative estimate of drug-likeness (QED) is 0.478. The molecule has 0 bridgehead atoms. The van der Waals surface area contributed by atoms with Crippen molar-refractivity contribution in [3.05, 3.63) is 81.9 Å². The van der Waals surface area contributed by atoms with Gasteiger partial charge in [-0.2, -0.15) is 0 Å². The molecule has 3 aromatic rings. The van der Waals surface area contributed by atoms with Crippen LogP contribution in [0.4, 0.5) is 5.13 Å². The Labute approximate surface area is 177 Å². The average molecular weight is 405 g/mol. The van der Waals surface area contributed by atoms with E-state index in [2.05, 4.69) is 41.1 Å². The zero-order valence-electron chi connectivity index (χ0n) is 17.2. The molecule has 3 nitrogen and oxygen atoms in total. The SMILES string of the molecule is Cc1ccc(CC(Cc2cnc(N3CCCC3)s2)C(=O)c2ccccc2C)cc1. The van der Waals surface area contributed by atoms with Crippen LogP contribution in [0.2, 0.25) is 0 Å². The lowest BCUT2D eigenvalue weighted by Crippen LogP contribution is -2.20. The maximum Gasteiger partial charge on any atom is 0.185 e. The number of hydrogen-bond acceptors (Lipinski definition) is 4. The standard InChI is InChI=1S/C25H28N2OS/c1-18-9-11-20(12-10-18)15-21(24(28)23-8-4-3-7-19(23)2)16-22-17-26-25(29-22)27-13-5-6-14-27/h3-4,7-12,17,21H,5-6,13-16H2,1-2H3. The highest BCUT2D eigenvalue weighted by molar-refractivity contribution is 7.15. The molecular weight excluding hydrogens is 376 g/mol. The van der Waals surface area contributed by atoms with Gasteiger partial charge in [0.15, 0.2) is 10.9 Å². The molecule has 0 spiro atoms. The van der Waals surface area contributed by atoms with Gasteiger partial charge in [-0.1, -0.05) is 54.1 Å². The third-order valence-electron chi connectivity index (χ3n) is 5.75. The molecule has 2 heterocycles. The van der Waals surface area contributed by atoms with Crippen molar-refractivity contribution < 1.29 is 4.79 Å². The number of aryl methyl sites for hydroxylation is 2. The van der Waals surface area contributed by atoms with Crippen molar-refractivity contribution in [1.82, 2.24) is 4.98 Å². The fraction of sp³-hybridized carbons (Fsp3) is 0.360. The van der Waals surface area contributed by atoms with Crippen LogP contribution in [0.15, 0.2) is 54.7 Å². The first-order valence-corrected chi connectivity index (χ1v) is 11.3. The van der Waals surface area contributed by atoms with Gasteiger partial charge in [-0.05, 0) is 50.7 Å². The van der Waals surface area contributed by atoms with Crippen molar-refractivity contribution in [2.45, 2.75) is 39.5 Å². The van der Waals surface area contributed by atoms with Gasteiger partial charge in [0.1, 0.15) is 0 Å². The van der Waals surface area contributed by atoms with E-state index in [1.807, 2.05) is 37.4 Å². The number of rotatable bonds is 7. The van der Waals surface area contributed by atoms with E-state index in [-0.39, 0.29) is 11.7 Å². The number of ketones is 1. The summed E-state index contributed by atoms with van der Waals surface area (Å²) >= 11 is 1.75. The highest BCUT2D eigenvalue weighted by Crippen LogP contribution is 2.29. The molecule has 29 heavy (non-hydrogen) atoms. The molecule has 1 aliphatic rings. The van der Waals surface area contributed by atoms with Crippen LogP contribution in [0.3, 0.4) is 0 Å². The van der Waals surface area contributed by atoms with Gasteiger partial charge in [0.25, 0.3) is 0 Å². The van der Waals surface area contributed by atoms with E-state index in [4.69, 9.17) is 0 Å². The molecule has 0 N–H and O–H groups in total. The maximum absolute atomic E-state index is 13.5. The molecule has 0 saturated carbocycles. The Morgan fingerprint density at radius 3 is 2.48 bits per heavy atom. The van der Waals surface area contributed by atoms with Gasteiger partial charge in [0, 0.05) is 35.6 Å². The summed E-state index contributed by atoms with van der Waals surface area (Å²) in [6, 6.07) is 16.5. The van der Waals surface area contributed by atoms with Crippen LogP contribution in [0.25, 0.3) is 0 Å². The van der Waals surface area contributed by atoms with Gasteiger partial charge in [0.05, 0.1) is 0 Å². The number of anilines is 1. The van der Waals surface area contributed by atoms with Crippen molar-refractivity contribution in [2.24, 2.45) is 5.92 Å². The lowest BCUT2D eigenvalue weighted by molar-refractivity contribution is 0.0918. The second-order valence-corrected chi connectivity index (χ2v) is 9.17. The Morgan fingerprint density at radius 2 is 1.76 bits per heavy atom. The molecule has 1 fully saturated rings. The monoisotopic (exact) mass is 404 g/mol. The Morgan fingerprint density at radius 1 is 1.03 bits per heavy atom. The van der Waals surface area contributed by atoms with Crippen molar-refractivity contribution in [3.8, 4) is 0 Å². The maximum atomic E-state index is 13.5. The van der Waals surface area contributed by atoms with E-state index >= 15 is 0 Å². The first-order chi connectivity index (χ1) is 14.1. The third-order valence-corrected chi connectivity index (χ3v) is 6.83. The van der Waals surface area contributed by atoms with E-state index in [0.717, 1.165) is 42.2 Å². The average Bonchev–Trinajstić information content (AvgIpc) is 3.41. The molecule has 2 aromatic carbocycles. The smallest absolute Gasteiger partial charge is 0.185 e. The van der Waals surface area contributed by atoms with Crippen LogP contribution >= 0.6 is 11.3 Å². The van der Waals surface area contributed by atoms with Crippen molar-refractivity contribution >= 4 is 22.3 Å². The highest BCUT2D eigenvalue weighted by Gasteiger charge is 2.24. The molecule has 150 valence electrons. The van der Waals surface area contributed by atoms with Gasteiger partial charge in [-0.25, -0.2) is 4.98 Å². The number of hydrogen-bond donors (Lipinski definition) is 0. The predicted molar refractivity (Wildman–Crippen MR) is 121 cm³/mol. The first kappa shape index (κ1) is 19.8. The minimum atomic E-state index is -0.0781. The Bertz CT molecular complexity index is 970. The molecule has 1 saturated heterocycles. The lowest BCUT2D eigenvalue weighted by atomic mass is 9.87. The summed E-state index contributed by atoms with van der Waals surface area (Å²) in [5.41, 5.74) is 4.35. The fourth-order valence-corrected chi connectivity index (χ4v) is 5.07. The summed E-state index contributed by atoms with van der Waals surface area (Å²) in [6.07, 6.45) is 5.97. The van der Waals surface area contributed by atoms with Crippen LogP contribution in [-0.2, 0) is 12.8 Å². The van der Waals surface area contributed by atoms with Crippen LogP contribution in [0.1, 0.15) is 44.8 Å². The van der Waals surface area contributed by atoms with E-state index in [9.17, 15) is 4.79 Å². The summed E-state index contributed by atoms with van der Waals surface area (Å²) in [4.78, 5) is 21.7. The molecule has 1 atom stereocenters. The van der Waals surface area contributed by atoms with E-state index in [1.165, 1.54) is 28.8 Å². The molecule has 0 radical (unpaired) electrons. The number of aromatic nitrogens is 1. The topological polar surface area (TPSA) is 33.2 Å². The minimum absolute atomic E-state index is 0.0781. The van der Waals surface area contributed by atoms with E-state index in [0.29, 0.717) is 0 Å². The number of nitrogens with zero attached hydrogens (tertiary/aromatic N) is 2. The first-order valence-electron chi connectivity index (χ1n) is 10.4. The zero-order chi connectivity index (χ0) is 20.2. The highest BCUT2D eigenvalue weighted by atomic mass is 32.1. The van der Waals surface area contributed by atoms with Crippen LogP contribution in [0, 0.1) is 19.8 Å². The van der Waals surface area contributed by atoms with Crippen LogP contribution in [-0.4, -0.2) is 23.9 Å². The van der Waals surface area contributed by atoms with E-state index in [1.54, 1.807) is 11.3 Å². The number of Topliss-reactive ketones (excluding diaryl/α,β-unsaturated/α-hetero) is 1. The summed E-state index contributed by atoms with van der Waals surface area (Å²) < 4.78 is 0. The van der Waals surface area contributed by atoms with Gasteiger partial charge in [-0.15, -0.1) is 11.3 Å². The lowest BCUT2D eigenvalue weighted by Gasteiger charge is -2.17. The second-order valence-electron chi connectivity index (χ2n) is 8.07. The zero-order valence-corrected chi connectivity index (χ0v) is 18.0. The Hall–Kier alpha value is -2.46. The molecule has 1 unspecified atom stereocenters. The molecule has 0 aliphatic carbocycles. The van der Waals surface area contributed by atoms with Gasteiger partial charge >= 0.3 is 0 Å². The summed E-state index contributed by atoms with van der Waals surface area (Å²) in [6.45, 7) is 6.31. The minimum Gasteiger partial charge on any atom is -0.348 e. The number of carbonyl (C=O) groups is 1. The normalized spacial score (nSPS) is 14.9. The van der Waals surface area contributed by atoms with Crippen LogP contribution < -0.4 is 4.90 Å². The number of thiazole rings is 1. The Kier molecular flexibility index (Phi) is 6.10. The van der Waals surface area contributed by atoms with Crippen molar-refractivity contribution in [2.75, 3.05) is 18.0 Å². The van der Waals surface area contributed by atoms with Crippen molar-refractivity contribution in [3.63, 3.8) is 0 Å². The Balaban J connectivity index is 1.58. The van der Waals surface area contributed by atoms with E-state index < -0.39 is 0 Å². The van der Waals surface area contributed by atoms with Gasteiger partial charge in [-0.3, -0.25) is 4.79 Å². The molecule has 0 amide bonds. The largest absolute Gasteiger partial charge is 0.348 e. The van der Waals surface area contributed by atoms with Gasteiger partial charge < -0.3 is 4.90 Å². The summed E-state index contributed by atoms with van der Waals surface area (Å²) in [5.74, 6) is 0.158. The summed E-state index contributed by atoms with van der Waals surface area (Å²) in [7, 11) is 0. The number of carbonyl (C=O) groups excluding carboxylic acids is 1.